The van der Waals surface area contributed by atoms with Crippen LogP contribution in [0.3, 0.4) is 0 Å². The summed E-state index contributed by atoms with van der Waals surface area (Å²) < 4.78 is 43.2. The van der Waals surface area contributed by atoms with Crippen molar-refractivity contribution in [3.8, 4) is 11.6 Å². The monoisotopic (exact) mass is 508 g/mol. The molecule has 2 aromatic heterocycles. The third-order valence-electron chi connectivity index (χ3n) is 5.35. The lowest BCUT2D eigenvalue weighted by Gasteiger charge is -2.13. The molecule has 0 aliphatic carbocycles. The lowest BCUT2D eigenvalue weighted by atomic mass is 10.1. The van der Waals surface area contributed by atoms with Gasteiger partial charge in [0.15, 0.2) is 0 Å². The highest BCUT2D eigenvalue weighted by Crippen LogP contribution is 2.22. The predicted molar refractivity (Wildman–Crippen MR) is 132 cm³/mol. The van der Waals surface area contributed by atoms with Gasteiger partial charge in [-0.05, 0) is 42.7 Å². The van der Waals surface area contributed by atoms with Crippen molar-refractivity contribution in [3.63, 3.8) is 0 Å². The number of benzene rings is 2. The normalized spacial score (nSPS) is 13.9. The molecule has 0 saturated heterocycles. The topological polar surface area (TPSA) is 132 Å². The molecule has 0 aliphatic heterocycles. The highest BCUT2D eigenvalue weighted by Gasteiger charge is 2.17. The van der Waals surface area contributed by atoms with Gasteiger partial charge in [-0.1, -0.05) is 36.8 Å². The van der Waals surface area contributed by atoms with Crippen molar-refractivity contribution in [2.24, 2.45) is 10.9 Å². The third kappa shape index (κ3) is 6.26. The number of nitrogens with one attached hydrogen (secondary N) is 1. The zero-order valence-electron chi connectivity index (χ0n) is 22.6. The van der Waals surface area contributed by atoms with E-state index in [4.69, 9.17) is 8.85 Å². The minimum Gasteiger partial charge on any atom is -0.481 e. The summed E-state index contributed by atoms with van der Waals surface area (Å²) in [5.41, 5.74) is -0.725. The lowest BCUT2D eigenvalue weighted by Crippen LogP contribution is -2.51. The van der Waals surface area contributed by atoms with Crippen LogP contribution in [0.4, 0.5) is 10.1 Å². The highest BCUT2D eigenvalue weighted by atomic mass is 19.1. The van der Waals surface area contributed by atoms with Crippen molar-refractivity contribution >= 4 is 11.7 Å². The summed E-state index contributed by atoms with van der Waals surface area (Å²) in [5.74, 6) is -2.14. The fourth-order valence-corrected chi connectivity index (χ4v) is 3.34. The number of hydrogen-bond donors (Lipinski definition) is 2. The van der Waals surface area contributed by atoms with E-state index < -0.39 is 35.9 Å². The van der Waals surface area contributed by atoms with Crippen LogP contribution in [0.15, 0.2) is 81.4 Å². The summed E-state index contributed by atoms with van der Waals surface area (Å²) in [4.78, 5) is 48.3. The first-order valence-electron chi connectivity index (χ1n) is 12.6. The molecule has 4 rings (SSSR count). The van der Waals surface area contributed by atoms with Gasteiger partial charge >= 0.3 is 17.3 Å². The number of pyridine rings is 1. The zero-order chi connectivity index (χ0) is 29.0. The number of carboxylic acids is 1. The summed E-state index contributed by atoms with van der Waals surface area (Å²) >= 11 is 0. The molecule has 10 nitrogen and oxygen atoms in total. The molecular formula is C26H24FN5O5. The van der Waals surface area contributed by atoms with Crippen molar-refractivity contribution in [1.29, 1.82) is 0 Å². The summed E-state index contributed by atoms with van der Waals surface area (Å²) in [6, 6.07) is 14.8. The van der Waals surface area contributed by atoms with E-state index in [0.29, 0.717) is 17.0 Å². The van der Waals surface area contributed by atoms with E-state index in [0.717, 1.165) is 15.3 Å². The summed E-state index contributed by atoms with van der Waals surface area (Å²) in [6.45, 7) is -1.39. The van der Waals surface area contributed by atoms with Gasteiger partial charge in [0.05, 0.1) is 24.3 Å². The lowest BCUT2D eigenvalue weighted by molar-refractivity contribution is -0.141. The second-order valence-corrected chi connectivity index (χ2v) is 8.19. The quantitative estimate of drug-likeness (QED) is 0.376. The fraction of sp³-hybridized carbons (Fsp3) is 0.192. The van der Waals surface area contributed by atoms with Gasteiger partial charge < -0.3 is 9.84 Å². The second kappa shape index (κ2) is 10.9. The number of carbonyl (C=O) groups is 1. The molecule has 0 aliphatic rings. The summed E-state index contributed by atoms with van der Waals surface area (Å²) in [7, 11) is 0. The van der Waals surface area contributed by atoms with Crippen LogP contribution < -0.4 is 21.7 Å². The molecule has 0 fully saturated rings. The van der Waals surface area contributed by atoms with Gasteiger partial charge in [-0.2, -0.15) is 0 Å². The smallest absolute Gasteiger partial charge is 0.335 e. The van der Waals surface area contributed by atoms with Crippen LogP contribution >= 0.6 is 0 Å². The third-order valence-corrected chi connectivity index (χ3v) is 5.35. The van der Waals surface area contributed by atoms with Crippen LogP contribution in [0.2, 0.25) is 0 Å². The Bertz CT molecular complexity index is 1690. The van der Waals surface area contributed by atoms with Gasteiger partial charge in [0, 0.05) is 16.7 Å². The van der Waals surface area contributed by atoms with E-state index in [2.05, 4.69) is 15.0 Å². The van der Waals surface area contributed by atoms with Crippen LogP contribution in [0.1, 0.15) is 22.2 Å². The van der Waals surface area contributed by atoms with Gasteiger partial charge in [-0.25, -0.2) is 28.5 Å². The van der Waals surface area contributed by atoms with Crippen molar-refractivity contribution in [2.75, 3.05) is 0 Å². The molecule has 37 heavy (non-hydrogen) atoms. The largest absolute Gasteiger partial charge is 0.481 e. The van der Waals surface area contributed by atoms with Crippen LogP contribution in [-0.2, 0) is 17.9 Å². The average Bonchev–Trinajstić information content (AvgIpc) is 2.90. The summed E-state index contributed by atoms with van der Waals surface area (Å²) in [5, 5.41) is 9.27. The molecule has 4 aromatic rings. The second-order valence-electron chi connectivity index (χ2n) is 8.19. The maximum Gasteiger partial charge on any atom is 0.335 e. The first-order valence-corrected chi connectivity index (χ1v) is 11.1. The number of carboxylic acid groups (broad SMARTS) is 1. The van der Waals surface area contributed by atoms with Crippen LogP contribution in [0.5, 0.6) is 11.6 Å². The molecule has 0 amide bonds. The molecule has 0 radical (unpaired) electrons. The Morgan fingerprint density at radius 1 is 1.14 bits per heavy atom. The number of rotatable bonds is 8. The zero-order valence-corrected chi connectivity index (χ0v) is 19.6. The maximum atomic E-state index is 13.4. The maximum absolute atomic E-state index is 13.4. The molecule has 2 N–H and O–H groups in total. The first kappa shape index (κ1) is 21.5. The fourth-order valence-electron chi connectivity index (χ4n) is 3.34. The number of hydrogen-bond acceptors (Lipinski definition) is 6. The van der Waals surface area contributed by atoms with Crippen LogP contribution in [-0.4, -0.2) is 30.2 Å². The van der Waals surface area contributed by atoms with Crippen molar-refractivity contribution in [1.82, 2.24) is 19.1 Å². The van der Waals surface area contributed by atoms with Crippen molar-refractivity contribution < 1.29 is 23.1 Å². The van der Waals surface area contributed by atoms with Gasteiger partial charge in [-0.3, -0.25) is 14.3 Å². The number of halogens is 1. The number of aromatic amines is 1. The Balaban J connectivity index is 1.73. The van der Waals surface area contributed by atoms with E-state index >= 15 is 0 Å². The summed E-state index contributed by atoms with van der Waals surface area (Å²) in [6.07, 6.45) is 1.02. The van der Waals surface area contributed by atoms with E-state index in [1.807, 2.05) is 0 Å². The van der Waals surface area contributed by atoms with Crippen LogP contribution in [0.25, 0.3) is 0 Å². The number of aliphatic carboxylic acids is 1. The minimum absolute atomic E-state index is 0.0887. The number of aromatic nitrogens is 4. The molecule has 0 bridgehead atoms. The Labute approximate surface area is 214 Å². The Morgan fingerprint density at radius 3 is 2.49 bits per heavy atom. The Hall–Kier alpha value is -4.80. The average molecular weight is 509 g/mol. The molecule has 0 unspecified atom stereocenters. The number of ether oxygens (including phenoxy) is 1. The molecule has 1 atom stereocenters. The van der Waals surface area contributed by atoms with Gasteiger partial charge in [-0.15, -0.1) is 0 Å². The predicted octanol–water partition coefficient (Wildman–Crippen LogP) is 2.97. The first-order chi connectivity index (χ1) is 18.9. The van der Waals surface area contributed by atoms with Crippen molar-refractivity contribution in [3.05, 3.63) is 110 Å². The van der Waals surface area contributed by atoms with Gasteiger partial charge in [0.1, 0.15) is 11.6 Å². The number of aryl methyl sites for hydroxylation is 1. The van der Waals surface area contributed by atoms with E-state index in [-0.39, 0.29) is 30.2 Å². The van der Waals surface area contributed by atoms with Gasteiger partial charge in [0.25, 0.3) is 0 Å². The number of H-pyrrole nitrogens is 1. The Morgan fingerprint density at radius 2 is 1.86 bits per heavy atom. The molecular weight excluding hydrogens is 481 g/mol. The molecule has 0 spiro atoms. The molecule has 2 aromatic carbocycles. The van der Waals surface area contributed by atoms with E-state index in [9.17, 15) is 23.9 Å². The number of nitrogens with zero attached hydrogens (tertiary/aromatic N) is 4. The highest BCUT2D eigenvalue weighted by molar-refractivity contribution is 5.69. The van der Waals surface area contributed by atoms with Crippen molar-refractivity contribution in [2.45, 2.75) is 26.9 Å². The van der Waals surface area contributed by atoms with E-state index in [1.54, 1.807) is 36.4 Å². The molecule has 2 heterocycles. The molecule has 11 heteroatoms. The minimum atomic E-state index is -2.30. The van der Waals surface area contributed by atoms with Gasteiger partial charge in [0.2, 0.25) is 11.5 Å². The molecule has 0 saturated carbocycles. The van der Waals surface area contributed by atoms with E-state index in [1.165, 1.54) is 31.2 Å². The standard InChI is InChI=1S/C26H24FN5O5/c1-16-3-5-18(6-4-16)15-31-24(30-25(35)32(26(31)36)14-17(2)23(33)34)29-20-8-10-21(11-9-20)37-22-12-7-19(27)13-28-22/h3-13,17H,14-15H2,1-2H3,(H,33,34)(H,29,30,35)/t17-/m0/s1/i1D3. The molecule has 190 valence electrons. The Kier molecular flexibility index (Phi) is 6.30. The van der Waals surface area contributed by atoms with Crippen LogP contribution in [0, 0.1) is 18.6 Å². The SMILES string of the molecule is [2H]C([2H])([2H])c1ccc(Cn2c(=O)n(C[C@H](C)C(=O)O)c(=O)[nH]/c2=N\c2ccc(Oc3ccc(F)cn3)cc2)cc1.